The molecule has 3 rings (SSSR count). The zero-order chi connectivity index (χ0) is 24.9. The summed E-state index contributed by atoms with van der Waals surface area (Å²) in [6.07, 6.45) is 0. The molecule has 0 bridgehead atoms. The van der Waals surface area contributed by atoms with E-state index in [0.29, 0.717) is 22.6 Å². The van der Waals surface area contributed by atoms with Crippen LogP contribution in [0.1, 0.15) is 19.4 Å². The van der Waals surface area contributed by atoms with Crippen LogP contribution in [0.2, 0.25) is 0 Å². The van der Waals surface area contributed by atoms with E-state index in [9.17, 15) is 18.0 Å². The molecule has 0 aliphatic carbocycles. The third kappa shape index (κ3) is 5.31. The number of amidine groups is 1. The molecule has 1 aliphatic rings. The Kier molecular flexibility index (Phi) is 7.45. The first-order chi connectivity index (χ1) is 16.2. The van der Waals surface area contributed by atoms with Crippen molar-refractivity contribution in [3.05, 3.63) is 65.4 Å². The number of fused-ring (bicyclic) bond motifs is 1. The molecule has 176 valence electrons. The number of ether oxygens (including phenoxy) is 1. The summed E-state index contributed by atoms with van der Waals surface area (Å²) in [5, 5.41) is 14.5. The second kappa shape index (κ2) is 10.3. The minimum atomic E-state index is -4.00. The molecule has 10 nitrogen and oxygen atoms in total. The van der Waals surface area contributed by atoms with Crippen LogP contribution in [0.5, 0.6) is 0 Å². The summed E-state index contributed by atoms with van der Waals surface area (Å²) in [4.78, 5) is 29.8. The molecule has 0 atom stereocenters. The molecule has 34 heavy (non-hydrogen) atoms. The van der Waals surface area contributed by atoms with Gasteiger partial charge in [-0.3, -0.25) is 4.79 Å². The number of carbonyl (C=O) groups is 2. The maximum atomic E-state index is 12.8. The second-order valence-electron chi connectivity index (χ2n) is 7.27. The van der Waals surface area contributed by atoms with Crippen molar-refractivity contribution in [1.82, 2.24) is 9.62 Å². The number of rotatable bonds is 6. The summed E-state index contributed by atoms with van der Waals surface area (Å²) >= 11 is 0. The van der Waals surface area contributed by atoms with E-state index in [1.807, 2.05) is 6.07 Å². The minimum Gasteiger partial charge on any atom is -0.462 e. The Hall–Kier alpha value is -4.01. The maximum absolute atomic E-state index is 12.8. The minimum absolute atomic E-state index is 0.0315. The lowest BCUT2D eigenvalue weighted by molar-refractivity contribution is -0.137. The molecule has 0 unspecified atom stereocenters. The van der Waals surface area contributed by atoms with E-state index in [0.717, 1.165) is 4.31 Å². The Balaban J connectivity index is 1.87. The van der Waals surface area contributed by atoms with Crippen LogP contribution in [0.15, 0.2) is 69.7 Å². The second-order valence-corrected chi connectivity index (χ2v) is 9.31. The number of carbonyl (C=O) groups excluding carboxylic acids is 2. The zero-order valence-electron chi connectivity index (χ0n) is 18.8. The molecule has 0 saturated carbocycles. The van der Waals surface area contributed by atoms with Crippen molar-refractivity contribution in [2.75, 3.05) is 25.5 Å². The van der Waals surface area contributed by atoms with E-state index < -0.39 is 28.4 Å². The number of allylic oxidation sites excluding steroid dienone is 1. The van der Waals surface area contributed by atoms with Crippen molar-refractivity contribution in [3.8, 4) is 6.07 Å². The number of nitrogens with zero attached hydrogens (tertiary/aromatic N) is 3. The van der Waals surface area contributed by atoms with Gasteiger partial charge in [0, 0.05) is 12.7 Å². The first-order valence-corrected chi connectivity index (χ1v) is 11.7. The summed E-state index contributed by atoms with van der Waals surface area (Å²) in [5.74, 6) is -1.44. The number of amides is 1. The molecule has 0 fully saturated rings. The normalized spacial score (nSPS) is 13.2. The number of hydrogen-bond donors (Lipinski definition) is 2. The number of sulfonamides is 1. The van der Waals surface area contributed by atoms with Gasteiger partial charge >= 0.3 is 5.97 Å². The SMILES string of the molecule is CCOC(=O)C1=C(C)Nc2ccccc2N=C1NC(=O)CN(C)S(=O)(=O)c1ccc(C#N)cc1. The van der Waals surface area contributed by atoms with Crippen molar-refractivity contribution < 1.29 is 22.7 Å². The quantitative estimate of drug-likeness (QED) is 0.603. The Bertz CT molecular complexity index is 1320. The molecule has 2 N–H and O–H groups in total. The summed E-state index contributed by atoms with van der Waals surface area (Å²) in [5.41, 5.74) is 1.87. The average molecular weight is 482 g/mol. The smallest absolute Gasteiger partial charge is 0.343 e. The van der Waals surface area contributed by atoms with Gasteiger partial charge in [-0.2, -0.15) is 9.57 Å². The lowest BCUT2D eigenvalue weighted by Gasteiger charge is -2.18. The molecule has 2 aromatic rings. The number of nitriles is 1. The molecular weight excluding hydrogens is 458 g/mol. The summed E-state index contributed by atoms with van der Waals surface area (Å²) in [7, 11) is -2.74. The topological polar surface area (TPSA) is 141 Å². The highest BCUT2D eigenvalue weighted by molar-refractivity contribution is 7.89. The number of para-hydroxylation sites is 2. The predicted molar refractivity (Wildman–Crippen MR) is 126 cm³/mol. The fourth-order valence-corrected chi connectivity index (χ4v) is 4.31. The number of aliphatic imine (C=N–C) groups is 1. The van der Waals surface area contributed by atoms with E-state index in [4.69, 9.17) is 10.00 Å². The fourth-order valence-electron chi connectivity index (χ4n) is 3.18. The van der Waals surface area contributed by atoms with Gasteiger partial charge in [0.2, 0.25) is 15.9 Å². The number of anilines is 1. The fraction of sp³-hybridized carbons (Fsp3) is 0.217. The van der Waals surface area contributed by atoms with E-state index >= 15 is 0 Å². The highest BCUT2D eigenvalue weighted by Crippen LogP contribution is 2.30. The highest BCUT2D eigenvalue weighted by atomic mass is 32.2. The van der Waals surface area contributed by atoms with Gasteiger partial charge in [0.25, 0.3) is 0 Å². The van der Waals surface area contributed by atoms with Crippen molar-refractivity contribution in [3.63, 3.8) is 0 Å². The van der Waals surface area contributed by atoms with Crippen LogP contribution in [-0.4, -0.2) is 50.6 Å². The number of likely N-dealkylation sites (N-methyl/N-ethyl adjacent to an activating group) is 1. The molecule has 1 amide bonds. The van der Waals surface area contributed by atoms with E-state index in [2.05, 4.69) is 15.6 Å². The number of nitrogens with one attached hydrogen (secondary N) is 2. The van der Waals surface area contributed by atoms with E-state index in [1.54, 1.807) is 38.1 Å². The van der Waals surface area contributed by atoms with Gasteiger partial charge in [-0.1, -0.05) is 12.1 Å². The third-order valence-corrected chi connectivity index (χ3v) is 6.68. The van der Waals surface area contributed by atoms with Crippen LogP contribution in [0, 0.1) is 11.3 Å². The van der Waals surface area contributed by atoms with Crippen LogP contribution in [0.3, 0.4) is 0 Å². The highest BCUT2D eigenvalue weighted by Gasteiger charge is 2.28. The van der Waals surface area contributed by atoms with Gasteiger partial charge in [0.1, 0.15) is 11.4 Å². The molecule has 1 heterocycles. The standard InChI is InChI=1S/C23H23N5O5S/c1-4-33-23(30)21-15(2)25-18-7-5-6-8-19(18)26-22(21)27-20(29)14-28(3)34(31,32)17-11-9-16(13-24)10-12-17/h5-12,25H,4,14H2,1-3H3,(H,26,27,29). The summed E-state index contributed by atoms with van der Waals surface area (Å²) in [6, 6.07) is 14.3. The van der Waals surface area contributed by atoms with Crippen LogP contribution < -0.4 is 10.6 Å². The number of benzene rings is 2. The molecular formula is C23H23N5O5S. The summed E-state index contributed by atoms with van der Waals surface area (Å²) in [6.45, 7) is 2.89. The Morgan fingerprint density at radius 2 is 1.85 bits per heavy atom. The lowest BCUT2D eigenvalue weighted by atomic mass is 10.2. The largest absolute Gasteiger partial charge is 0.462 e. The van der Waals surface area contributed by atoms with E-state index in [1.165, 1.54) is 31.3 Å². The van der Waals surface area contributed by atoms with Gasteiger partial charge in [-0.25, -0.2) is 18.2 Å². The Labute approximate surface area is 197 Å². The van der Waals surface area contributed by atoms with E-state index in [-0.39, 0.29) is 22.9 Å². The van der Waals surface area contributed by atoms with Crippen molar-refractivity contribution in [1.29, 1.82) is 5.26 Å². The predicted octanol–water partition coefficient (Wildman–Crippen LogP) is 2.29. The van der Waals surface area contributed by atoms with Gasteiger partial charge in [-0.15, -0.1) is 0 Å². The van der Waals surface area contributed by atoms with Crippen molar-refractivity contribution >= 4 is 39.1 Å². The van der Waals surface area contributed by atoms with Crippen molar-refractivity contribution in [2.24, 2.45) is 4.99 Å². The molecule has 0 radical (unpaired) electrons. The van der Waals surface area contributed by atoms with Gasteiger partial charge < -0.3 is 15.4 Å². The summed E-state index contributed by atoms with van der Waals surface area (Å²) < 4.78 is 31.7. The number of hydrogen-bond acceptors (Lipinski definition) is 8. The monoisotopic (exact) mass is 481 g/mol. The lowest BCUT2D eigenvalue weighted by Crippen LogP contribution is -2.42. The van der Waals surface area contributed by atoms with Gasteiger partial charge in [-0.05, 0) is 50.2 Å². The molecule has 1 aliphatic heterocycles. The molecule has 0 saturated heterocycles. The first kappa shape index (κ1) is 24.6. The zero-order valence-corrected chi connectivity index (χ0v) is 19.6. The van der Waals surface area contributed by atoms with Gasteiger partial charge in [0.15, 0.2) is 0 Å². The van der Waals surface area contributed by atoms with Crippen molar-refractivity contribution in [2.45, 2.75) is 18.7 Å². The van der Waals surface area contributed by atoms with Gasteiger partial charge in [0.05, 0.1) is 41.1 Å². The molecule has 2 aromatic carbocycles. The maximum Gasteiger partial charge on any atom is 0.343 e. The third-order valence-electron chi connectivity index (χ3n) is 4.87. The first-order valence-electron chi connectivity index (χ1n) is 10.3. The molecule has 11 heteroatoms. The average Bonchev–Trinajstić information content (AvgIpc) is 2.94. The Morgan fingerprint density at radius 3 is 2.50 bits per heavy atom. The van der Waals surface area contributed by atoms with Crippen LogP contribution in [-0.2, 0) is 24.3 Å². The molecule has 0 spiro atoms. The molecule has 0 aromatic heterocycles. The van der Waals surface area contributed by atoms with Crippen LogP contribution >= 0.6 is 0 Å². The van der Waals surface area contributed by atoms with Crippen LogP contribution in [0.25, 0.3) is 0 Å². The van der Waals surface area contributed by atoms with Crippen LogP contribution in [0.4, 0.5) is 11.4 Å². The number of esters is 1. The Morgan fingerprint density at radius 1 is 1.18 bits per heavy atom.